The van der Waals surface area contributed by atoms with Crippen molar-refractivity contribution in [3.05, 3.63) is 29.8 Å². The summed E-state index contributed by atoms with van der Waals surface area (Å²) in [6, 6.07) is 8.64. The van der Waals surface area contributed by atoms with Crippen LogP contribution in [-0.4, -0.2) is 17.3 Å². The van der Waals surface area contributed by atoms with Gasteiger partial charge in [-0.05, 0) is 30.9 Å². The predicted octanol–water partition coefficient (Wildman–Crippen LogP) is 3.35. The first kappa shape index (κ1) is 12.4. The molecule has 2 unspecified atom stereocenters. The summed E-state index contributed by atoms with van der Waals surface area (Å²) in [7, 11) is 0. The molecule has 0 heterocycles. The van der Waals surface area contributed by atoms with Crippen molar-refractivity contribution >= 4 is 5.69 Å². The van der Waals surface area contributed by atoms with Gasteiger partial charge in [0.25, 0.3) is 0 Å². The van der Waals surface area contributed by atoms with E-state index >= 15 is 0 Å². The summed E-state index contributed by atoms with van der Waals surface area (Å²) in [5, 5.41) is 13.7. The van der Waals surface area contributed by atoms with Crippen LogP contribution in [0.1, 0.15) is 44.6 Å². The third-order valence-corrected chi connectivity index (χ3v) is 3.72. The van der Waals surface area contributed by atoms with Gasteiger partial charge in [0.15, 0.2) is 0 Å². The standard InChI is InChI=1S/C15H23NO/c1-2-12-8-6-7-9-13(12)16-14-10-4-3-5-11-15(14)17/h6-9,14-17H,2-5,10-11H2,1H3. The summed E-state index contributed by atoms with van der Waals surface area (Å²) in [6.07, 6.45) is 6.50. The Morgan fingerprint density at radius 3 is 2.76 bits per heavy atom. The highest BCUT2D eigenvalue weighted by Gasteiger charge is 2.21. The largest absolute Gasteiger partial charge is 0.391 e. The fraction of sp³-hybridized carbons (Fsp3) is 0.600. The van der Waals surface area contributed by atoms with Gasteiger partial charge in [0.2, 0.25) is 0 Å². The van der Waals surface area contributed by atoms with Gasteiger partial charge in [-0.15, -0.1) is 0 Å². The van der Waals surface area contributed by atoms with Crippen LogP contribution in [0.2, 0.25) is 0 Å². The lowest BCUT2D eigenvalue weighted by Gasteiger charge is -2.24. The quantitative estimate of drug-likeness (QED) is 0.785. The van der Waals surface area contributed by atoms with Crippen molar-refractivity contribution in [1.29, 1.82) is 0 Å². The molecule has 1 aromatic carbocycles. The van der Waals surface area contributed by atoms with E-state index in [1.54, 1.807) is 0 Å². The van der Waals surface area contributed by atoms with E-state index in [9.17, 15) is 5.11 Å². The van der Waals surface area contributed by atoms with Gasteiger partial charge in [-0.3, -0.25) is 0 Å². The molecule has 0 aromatic heterocycles. The number of nitrogens with one attached hydrogen (secondary N) is 1. The Morgan fingerprint density at radius 1 is 1.18 bits per heavy atom. The minimum Gasteiger partial charge on any atom is -0.391 e. The zero-order chi connectivity index (χ0) is 12.1. The number of aliphatic hydroxyl groups excluding tert-OH is 1. The molecule has 17 heavy (non-hydrogen) atoms. The second kappa shape index (κ2) is 6.06. The zero-order valence-corrected chi connectivity index (χ0v) is 10.7. The third kappa shape index (κ3) is 3.22. The van der Waals surface area contributed by atoms with Gasteiger partial charge < -0.3 is 10.4 Å². The molecule has 2 heteroatoms. The van der Waals surface area contributed by atoms with Crippen molar-refractivity contribution in [1.82, 2.24) is 0 Å². The highest BCUT2D eigenvalue weighted by Crippen LogP contribution is 2.23. The van der Waals surface area contributed by atoms with E-state index in [1.807, 2.05) is 0 Å². The van der Waals surface area contributed by atoms with Crippen LogP contribution in [0.5, 0.6) is 0 Å². The molecule has 0 radical (unpaired) electrons. The molecule has 0 aliphatic heterocycles. The lowest BCUT2D eigenvalue weighted by Crippen LogP contribution is -2.32. The Bertz CT molecular complexity index is 351. The van der Waals surface area contributed by atoms with Gasteiger partial charge in [0, 0.05) is 5.69 Å². The van der Waals surface area contributed by atoms with Crippen LogP contribution in [-0.2, 0) is 6.42 Å². The van der Waals surface area contributed by atoms with E-state index < -0.39 is 0 Å². The normalized spacial score (nSPS) is 25.3. The molecule has 2 rings (SSSR count). The second-order valence-corrected chi connectivity index (χ2v) is 4.97. The van der Waals surface area contributed by atoms with Crippen molar-refractivity contribution in [3.8, 4) is 0 Å². The van der Waals surface area contributed by atoms with E-state index in [-0.39, 0.29) is 12.1 Å². The minimum absolute atomic E-state index is 0.192. The van der Waals surface area contributed by atoms with Gasteiger partial charge in [0.1, 0.15) is 0 Å². The molecule has 94 valence electrons. The summed E-state index contributed by atoms with van der Waals surface area (Å²) >= 11 is 0. The van der Waals surface area contributed by atoms with Crippen LogP contribution in [0.25, 0.3) is 0 Å². The summed E-state index contributed by atoms with van der Waals surface area (Å²) in [5.74, 6) is 0. The fourth-order valence-electron chi connectivity index (χ4n) is 2.63. The molecule has 2 N–H and O–H groups in total. The lowest BCUT2D eigenvalue weighted by molar-refractivity contribution is 0.144. The van der Waals surface area contributed by atoms with E-state index in [2.05, 4.69) is 36.5 Å². The SMILES string of the molecule is CCc1ccccc1NC1CCCCCC1O. The Morgan fingerprint density at radius 2 is 1.94 bits per heavy atom. The number of aryl methyl sites for hydroxylation is 1. The van der Waals surface area contributed by atoms with Crippen LogP contribution in [0.15, 0.2) is 24.3 Å². The number of hydrogen-bond donors (Lipinski definition) is 2. The van der Waals surface area contributed by atoms with E-state index in [0.717, 1.165) is 25.7 Å². The molecular formula is C15H23NO. The van der Waals surface area contributed by atoms with Crippen LogP contribution < -0.4 is 5.32 Å². The molecule has 1 aromatic rings. The smallest absolute Gasteiger partial charge is 0.0741 e. The van der Waals surface area contributed by atoms with Gasteiger partial charge in [-0.1, -0.05) is 44.4 Å². The summed E-state index contributed by atoms with van der Waals surface area (Å²) in [4.78, 5) is 0. The maximum Gasteiger partial charge on any atom is 0.0741 e. The van der Waals surface area contributed by atoms with Crippen molar-refractivity contribution in [2.75, 3.05) is 5.32 Å². The highest BCUT2D eigenvalue weighted by molar-refractivity contribution is 5.51. The summed E-state index contributed by atoms with van der Waals surface area (Å²) in [6.45, 7) is 2.17. The van der Waals surface area contributed by atoms with Crippen molar-refractivity contribution in [2.45, 2.75) is 57.6 Å². The molecule has 1 aliphatic rings. The fourth-order valence-corrected chi connectivity index (χ4v) is 2.63. The molecule has 2 nitrogen and oxygen atoms in total. The molecule has 1 aliphatic carbocycles. The molecular weight excluding hydrogens is 210 g/mol. The van der Waals surface area contributed by atoms with Crippen LogP contribution in [0, 0.1) is 0 Å². The second-order valence-electron chi connectivity index (χ2n) is 4.97. The maximum absolute atomic E-state index is 10.1. The van der Waals surface area contributed by atoms with Crippen molar-refractivity contribution < 1.29 is 5.11 Å². The Kier molecular flexibility index (Phi) is 4.43. The van der Waals surface area contributed by atoms with E-state index in [1.165, 1.54) is 24.1 Å². The molecule has 1 fully saturated rings. The Hall–Kier alpha value is -1.02. The lowest BCUT2D eigenvalue weighted by atomic mass is 10.0. The van der Waals surface area contributed by atoms with Crippen molar-refractivity contribution in [3.63, 3.8) is 0 Å². The first-order chi connectivity index (χ1) is 8.31. The molecule has 1 saturated carbocycles. The predicted molar refractivity (Wildman–Crippen MR) is 72.3 cm³/mol. The summed E-state index contributed by atoms with van der Waals surface area (Å²) < 4.78 is 0. The highest BCUT2D eigenvalue weighted by atomic mass is 16.3. The van der Waals surface area contributed by atoms with Crippen LogP contribution in [0.4, 0.5) is 5.69 Å². The third-order valence-electron chi connectivity index (χ3n) is 3.72. The van der Waals surface area contributed by atoms with E-state index in [4.69, 9.17) is 0 Å². The van der Waals surface area contributed by atoms with Gasteiger partial charge in [-0.2, -0.15) is 0 Å². The Labute approximate surface area is 104 Å². The molecule has 2 atom stereocenters. The minimum atomic E-state index is -0.192. The van der Waals surface area contributed by atoms with Gasteiger partial charge in [0.05, 0.1) is 12.1 Å². The number of benzene rings is 1. The van der Waals surface area contributed by atoms with Crippen molar-refractivity contribution in [2.24, 2.45) is 0 Å². The van der Waals surface area contributed by atoms with Crippen LogP contribution in [0.3, 0.4) is 0 Å². The average molecular weight is 233 g/mol. The number of hydrogen-bond acceptors (Lipinski definition) is 2. The van der Waals surface area contributed by atoms with Gasteiger partial charge >= 0.3 is 0 Å². The topological polar surface area (TPSA) is 32.3 Å². The molecule has 0 amide bonds. The molecule has 0 spiro atoms. The average Bonchev–Trinajstić information content (AvgIpc) is 2.56. The van der Waals surface area contributed by atoms with Gasteiger partial charge in [-0.25, -0.2) is 0 Å². The number of aliphatic hydroxyl groups is 1. The van der Waals surface area contributed by atoms with Crippen LogP contribution >= 0.6 is 0 Å². The first-order valence-corrected chi connectivity index (χ1v) is 6.83. The maximum atomic E-state index is 10.1. The monoisotopic (exact) mass is 233 g/mol. The zero-order valence-electron chi connectivity index (χ0n) is 10.7. The number of anilines is 1. The molecule has 0 saturated heterocycles. The number of para-hydroxylation sites is 1. The van der Waals surface area contributed by atoms with E-state index in [0.29, 0.717) is 0 Å². The first-order valence-electron chi connectivity index (χ1n) is 6.83. The summed E-state index contributed by atoms with van der Waals surface area (Å²) in [5.41, 5.74) is 2.53. The Balaban J connectivity index is 2.07. The molecule has 0 bridgehead atoms. The number of rotatable bonds is 3.